The number of piperazine rings is 1. The molecule has 2 fully saturated rings. The number of nitrogens with zero attached hydrogens (tertiary/aromatic N) is 3. The fourth-order valence-electron chi connectivity index (χ4n) is 4.35. The highest BCUT2D eigenvalue weighted by molar-refractivity contribution is 5.48. The van der Waals surface area contributed by atoms with Crippen LogP contribution in [0, 0.1) is 0 Å². The molecule has 1 aromatic heterocycles. The van der Waals surface area contributed by atoms with Crippen LogP contribution in [0.3, 0.4) is 0 Å². The van der Waals surface area contributed by atoms with E-state index >= 15 is 0 Å². The lowest BCUT2D eigenvalue weighted by atomic mass is 10.1. The zero-order valence-electron chi connectivity index (χ0n) is 18.2. The van der Waals surface area contributed by atoms with E-state index in [0.29, 0.717) is 24.6 Å². The molecule has 0 aliphatic carbocycles. The predicted molar refractivity (Wildman–Crippen MR) is 123 cm³/mol. The Labute approximate surface area is 184 Å². The van der Waals surface area contributed by atoms with Gasteiger partial charge in [-0.25, -0.2) is 0 Å². The van der Waals surface area contributed by atoms with Gasteiger partial charge in [-0.3, -0.25) is 19.5 Å². The maximum absolute atomic E-state index is 12.3. The highest BCUT2D eigenvalue weighted by Crippen LogP contribution is 2.19. The van der Waals surface area contributed by atoms with Crippen molar-refractivity contribution in [3.8, 4) is 5.75 Å². The fourth-order valence-corrected chi connectivity index (χ4v) is 4.35. The van der Waals surface area contributed by atoms with Crippen LogP contribution in [0.2, 0.25) is 0 Å². The van der Waals surface area contributed by atoms with Gasteiger partial charge in [0.25, 0.3) is 0 Å². The smallest absolute Gasteiger partial charge is 0.227 e. The average Bonchev–Trinajstić information content (AvgIpc) is 2.80. The van der Waals surface area contributed by atoms with Crippen molar-refractivity contribution in [1.29, 1.82) is 0 Å². The molecule has 6 heteroatoms. The van der Waals surface area contributed by atoms with Crippen molar-refractivity contribution in [3.05, 3.63) is 69.8 Å². The summed E-state index contributed by atoms with van der Waals surface area (Å²) in [4.78, 5) is 19.3. The first-order chi connectivity index (χ1) is 15.2. The van der Waals surface area contributed by atoms with Crippen LogP contribution in [0.25, 0.3) is 6.08 Å². The summed E-state index contributed by atoms with van der Waals surface area (Å²) in [7, 11) is 0. The molecule has 2 saturated heterocycles. The van der Waals surface area contributed by atoms with Gasteiger partial charge in [-0.1, -0.05) is 48.9 Å². The summed E-state index contributed by atoms with van der Waals surface area (Å²) in [6.07, 6.45) is 8.03. The lowest BCUT2D eigenvalue weighted by Gasteiger charge is -2.33. The van der Waals surface area contributed by atoms with E-state index in [-0.39, 0.29) is 11.2 Å². The number of benzene rings is 1. The van der Waals surface area contributed by atoms with Crippen molar-refractivity contribution < 1.29 is 9.52 Å². The van der Waals surface area contributed by atoms with Crippen LogP contribution in [-0.4, -0.2) is 65.6 Å². The van der Waals surface area contributed by atoms with E-state index < -0.39 is 0 Å². The molecule has 3 heterocycles. The van der Waals surface area contributed by atoms with E-state index in [0.717, 1.165) is 45.8 Å². The van der Waals surface area contributed by atoms with E-state index in [1.165, 1.54) is 30.9 Å². The molecule has 6 nitrogen and oxygen atoms in total. The Morgan fingerprint density at radius 1 is 0.871 bits per heavy atom. The molecule has 31 heavy (non-hydrogen) atoms. The van der Waals surface area contributed by atoms with Crippen LogP contribution in [0.4, 0.5) is 0 Å². The SMILES string of the molecule is O=c1cc(CN2CCCCC2)oc(CN2CCN(CC=Cc3ccccc3)CC2)c1O. The zero-order chi connectivity index (χ0) is 21.5. The van der Waals surface area contributed by atoms with Gasteiger partial charge in [-0.2, -0.15) is 0 Å². The maximum atomic E-state index is 12.3. The van der Waals surface area contributed by atoms with Crippen LogP contribution < -0.4 is 5.43 Å². The second-order valence-corrected chi connectivity index (χ2v) is 8.58. The van der Waals surface area contributed by atoms with E-state index in [1.54, 1.807) is 0 Å². The Bertz CT molecular complexity index is 911. The second-order valence-electron chi connectivity index (χ2n) is 8.58. The summed E-state index contributed by atoms with van der Waals surface area (Å²) >= 11 is 0. The van der Waals surface area contributed by atoms with Crippen molar-refractivity contribution in [2.75, 3.05) is 45.8 Å². The zero-order valence-corrected chi connectivity index (χ0v) is 18.2. The molecule has 166 valence electrons. The largest absolute Gasteiger partial charge is 0.502 e. The molecular weight excluding hydrogens is 390 g/mol. The van der Waals surface area contributed by atoms with Gasteiger partial charge in [0.1, 0.15) is 5.76 Å². The molecular formula is C25H33N3O3. The lowest BCUT2D eigenvalue weighted by Crippen LogP contribution is -2.45. The van der Waals surface area contributed by atoms with Gasteiger partial charge < -0.3 is 9.52 Å². The lowest BCUT2D eigenvalue weighted by molar-refractivity contribution is 0.125. The van der Waals surface area contributed by atoms with Gasteiger partial charge in [0, 0.05) is 38.8 Å². The summed E-state index contributed by atoms with van der Waals surface area (Å²) in [5.74, 6) is 0.817. The molecule has 0 bridgehead atoms. The molecule has 2 aliphatic rings. The number of hydrogen-bond acceptors (Lipinski definition) is 6. The Balaban J connectivity index is 1.29. The first-order valence-corrected chi connectivity index (χ1v) is 11.4. The Morgan fingerprint density at radius 2 is 1.55 bits per heavy atom. The highest BCUT2D eigenvalue weighted by atomic mass is 16.4. The minimum absolute atomic E-state index is 0.240. The number of hydrogen-bond donors (Lipinski definition) is 1. The minimum atomic E-state index is -0.335. The molecule has 2 aliphatic heterocycles. The minimum Gasteiger partial charge on any atom is -0.502 e. The van der Waals surface area contributed by atoms with Crippen LogP contribution in [0.15, 0.2) is 51.7 Å². The third-order valence-corrected chi connectivity index (χ3v) is 6.18. The molecule has 0 atom stereocenters. The van der Waals surface area contributed by atoms with Gasteiger partial charge in [-0.05, 0) is 31.5 Å². The van der Waals surface area contributed by atoms with Gasteiger partial charge in [0.2, 0.25) is 11.2 Å². The summed E-state index contributed by atoms with van der Waals surface area (Å²) in [6.45, 7) is 7.81. The fraction of sp³-hybridized carbons (Fsp3) is 0.480. The first kappa shape index (κ1) is 21.8. The monoisotopic (exact) mass is 423 g/mol. The molecule has 2 aromatic rings. The number of aromatic hydroxyl groups is 1. The molecule has 4 rings (SSSR count). The Hall–Kier alpha value is -2.41. The Morgan fingerprint density at radius 3 is 2.29 bits per heavy atom. The summed E-state index contributed by atoms with van der Waals surface area (Å²) in [5, 5.41) is 10.3. The molecule has 0 spiro atoms. The number of piperidine rings is 1. The number of rotatable bonds is 7. The van der Waals surface area contributed by atoms with E-state index in [4.69, 9.17) is 4.42 Å². The Kier molecular flexibility index (Phi) is 7.57. The van der Waals surface area contributed by atoms with Gasteiger partial charge in [0.05, 0.1) is 13.1 Å². The number of likely N-dealkylation sites (tertiary alicyclic amines) is 1. The summed E-state index contributed by atoms with van der Waals surface area (Å²) < 4.78 is 5.98. The van der Waals surface area contributed by atoms with Crippen molar-refractivity contribution in [3.63, 3.8) is 0 Å². The second kappa shape index (κ2) is 10.8. The van der Waals surface area contributed by atoms with Gasteiger partial charge in [-0.15, -0.1) is 0 Å². The normalized spacial score (nSPS) is 19.2. The third-order valence-electron chi connectivity index (χ3n) is 6.18. The third kappa shape index (κ3) is 6.29. The van der Waals surface area contributed by atoms with Crippen molar-refractivity contribution >= 4 is 6.08 Å². The molecule has 0 radical (unpaired) electrons. The molecule has 1 aromatic carbocycles. The summed E-state index contributed by atoms with van der Waals surface area (Å²) in [6, 6.07) is 11.8. The predicted octanol–water partition coefficient (Wildman–Crippen LogP) is 3.16. The molecule has 1 N–H and O–H groups in total. The topological polar surface area (TPSA) is 60.2 Å². The first-order valence-electron chi connectivity index (χ1n) is 11.4. The van der Waals surface area contributed by atoms with Gasteiger partial charge in [0.15, 0.2) is 5.76 Å². The molecule has 0 amide bonds. The average molecular weight is 424 g/mol. The van der Waals surface area contributed by atoms with Crippen LogP contribution >= 0.6 is 0 Å². The van der Waals surface area contributed by atoms with Crippen LogP contribution in [0.1, 0.15) is 36.3 Å². The van der Waals surface area contributed by atoms with Gasteiger partial charge >= 0.3 is 0 Å². The van der Waals surface area contributed by atoms with E-state index in [2.05, 4.69) is 39.0 Å². The standard InChI is InChI=1S/C25H33N3O3/c29-23-18-22(19-27-11-5-2-6-12-27)31-24(25(23)30)20-28-16-14-26(15-17-28)13-7-10-21-8-3-1-4-9-21/h1,3-4,7-10,18,30H,2,5-6,11-17,19-20H2. The van der Waals surface area contributed by atoms with Crippen LogP contribution in [0.5, 0.6) is 5.75 Å². The molecule has 0 unspecified atom stereocenters. The van der Waals surface area contributed by atoms with Crippen molar-refractivity contribution in [1.82, 2.24) is 14.7 Å². The van der Waals surface area contributed by atoms with Crippen molar-refractivity contribution in [2.24, 2.45) is 0 Å². The summed E-state index contributed by atoms with van der Waals surface area (Å²) in [5.41, 5.74) is 0.883. The quantitative estimate of drug-likeness (QED) is 0.738. The van der Waals surface area contributed by atoms with E-state index in [9.17, 15) is 9.90 Å². The highest BCUT2D eigenvalue weighted by Gasteiger charge is 2.21. The van der Waals surface area contributed by atoms with Crippen molar-refractivity contribution in [2.45, 2.75) is 32.4 Å². The van der Waals surface area contributed by atoms with Crippen LogP contribution in [-0.2, 0) is 13.1 Å². The maximum Gasteiger partial charge on any atom is 0.227 e. The molecule has 0 saturated carbocycles. The van der Waals surface area contributed by atoms with E-state index in [1.807, 2.05) is 18.2 Å².